The first-order chi connectivity index (χ1) is 27.2. The largest absolute Gasteiger partial charge is 0.492 e. The fourth-order valence-electron chi connectivity index (χ4n) is 6.42. The third-order valence-corrected chi connectivity index (χ3v) is 10.9. The number of carboxylic acid groups (broad SMARTS) is 2. The number of halogens is 2. The maximum atomic E-state index is 11.8. The molecule has 14 nitrogen and oxygen atoms in total. The monoisotopic (exact) mass is 824 g/mol. The quantitative estimate of drug-likeness (QED) is 0.0643. The Kier molecular flexibility index (Phi) is 14.4. The Balaban J connectivity index is 1.30. The van der Waals surface area contributed by atoms with Crippen LogP contribution >= 0.6 is 23.2 Å². The van der Waals surface area contributed by atoms with E-state index in [0.29, 0.717) is 72.5 Å². The van der Waals surface area contributed by atoms with Crippen LogP contribution in [0.2, 0.25) is 10.0 Å². The number of carbonyl (C=O) groups excluding carboxylic acids is 1. The minimum Gasteiger partial charge on any atom is -0.492 e. The van der Waals surface area contributed by atoms with Gasteiger partial charge in [0.15, 0.2) is 0 Å². The summed E-state index contributed by atoms with van der Waals surface area (Å²) in [5.41, 5.74) is 7.30. The molecule has 1 amide bonds. The molecule has 1 saturated heterocycles. The van der Waals surface area contributed by atoms with Crippen LogP contribution in [0.1, 0.15) is 52.4 Å². The Hall–Kier alpha value is -4.96. The number of amides is 1. The Morgan fingerprint density at radius 3 is 2.37 bits per heavy atom. The van der Waals surface area contributed by atoms with Gasteiger partial charge in [-0.05, 0) is 68.1 Å². The van der Waals surface area contributed by atoms with Crippen molar-refractivity contribution in [2.75, 3.05) is 39.5 Å². The lowest BCUT2D eigenvalue weighted by Gasteiger charge is -2.25. The molecule has 3 aromatic carbocycles. The molecule has 0 saturated carbocycles. The normalized spacial score (nSPS) is 16.5. The Labute approximate surface area is 340 Å². The van der Waals surface area contributed by atoms with Crippen LogP contribution in [0.25, 0.3) is 11.1 Å². The summed E-state index contributed by atoms with van der Waals surface area (Å²) in [7, 11) is 0. The maximum Gasteiger partial charge on any atom is 0.326 e. The van der Waals surface area contributed by atoms with Crippen LogP contribution < -0.4 is 25.3 Å². The number of hydrogen-bond donors (Lipinski definition) is 6. The van der Waals surface area contributed by atoms with Crippen molar-refractivity contribution in [3.63, 3.8) is 0 Å². The number of nitrogens with one attached hydrogen (secondary N) is 1. The highest BCUT2D eigenvalue weighted by Gasteiger charge is 2.44. The van der Waals surface area contributed by atoms with Gasteiger partial charge in [0.1, 0.15) is 41.4 Å². The van der Waals surface area contributed by atoms with Crippen molar-refractivity contribution in [3.8, 4) is 28.4 Å². The predicted molar refractivity (Wildman–Crippen MR) is 213 cm³/mol. The van der Waals surface area contributed by atoms with Crippen LogP contribution in [0.15, 0.2) is 67.0 Å². The van der Waals surface area contributed by atoms with Crippen molar-refractivity contribution in [2.45, 2.75) is 52.0 Å². The van der Waals surface area contributed by atoms with E-state index in [1.807, 2.05) is 42.2 Å². The van der Waals surface area contributed by atoms with Crippen LogP contribution in [0.4, 0.5) is 0 Å². The summed E-state index contributed by atoms with van der Waals surface area (Å²) < 4.78 is 18.4. The standard InChI is InChI=1S/C41H46Cl2N4O10/c1-25-27(6-3-7-30(25)31-8-4-9-33(36(31)43)55-13-5-11-47-12-10-41(22-47,24-49)39(53)54)21-57-35-16-34(56-20-26-14-29(37(44)50)18-45-17-26)28(15-32(35)42)19-46-40(2,23-48)38(51)52/h3-4,6-9,14-18,46,48-49H,5,10-13,19-24H2,1-2H3,(H2,44,50)(H,51,52)(H,53,54). The van der Waals surface area contributed by atoms with Crippen molar-refractivity contribution in [1.29, 1.82) is 0 Å². The number of pyridine rings is 1. The molecule has 1 aliphatic heterocycles. The second-order valence-corrected chi connectivity index (χ2v) is 15.0. The summed E-state index contributed by atoms with van der Waals surface area (Å²) >= 11 is 13.6. The molecule has 0 radical (unpaired) electrons. The molecule has 2 heterocycles. The van der Waals surface area contributed by atoms with Gasteiger partial charge in [0, 0.05) is 54.8 Å². The van der Waals surface area contributed by atoms with Crippen LogP contribution in [-0.4, -0.2) is 93.1 Å². The number of carboxylic acids is 2. The summed E-state index contributed by atoms with van der Waals surface area (Å²) in [6.07, 6.45) is 3.92. The lowest BCUT2D eigenvalue weighted by atomic mass is 9.88. The SMILES string of the molecule is Cc1c(COc2cc(OCc3cncc(C(N)=O)c3)c(CNC(C)(CO)C(=O)O)cc2Cl)cccc1-c1cccc(OCCCN2CCC(CO)(C(=O)O)C2)c1Cl. The van der Waals surface area contributed by atoms with Crippen LogP contribution in [0.5, 0.6) is 17.2 Å². The molecular weight excluding hydrogens is 779 g/mol. The predicted octanol–water partition coefficient (Wildman–Crippen LogP) is 5.08. The Morgan fingerprint density at radius 1 is 0.947 bits per heavy atom. The van der Waals surface area contributed by atoms with Crippen molar-refractivity contribution in [1.82, 2.24) is 15.2 Å². The number of aromatic nitrogens is 1. The molecule has 7 N–H and O–H groups in total. The van der Waals surface area contributed by atoms with Gasteiger partial charge in [0.25, 0.3) is 0 Å². The van der Waals surface area contributed by atoms with E-state index in [1.165, 1.54) is 19.3 Å². The first-order valence-corrected chi connectivity index (χ1v) is 18.9. The van der Waals surface area contributed by atoms with Crippen molar-refractivity contribution >= 4 is 41.0 Å². The lowest BCUT2D eigenvalue weighted by Crippen LogP contribution is -2.52. The molecule has 304 valence electrons. The number of hydrogen-bond acceptors (Lipinski definition) is 11. The molecular formula is C41H46Cl2N4O10. The zero-order valence-corrected chi connectivity index (χ0v) is 33.1. The number of aliphatic hydroxyl groups excluding tert-OH is 2. The highest BCUT2D eigenvalue weighted by Crippen LogP contribution is 2.39. The molecule has 0 spiro atoms. The second kappa shape index (κ2) is 19.0. The first-order valence-electron chi connectivity index (χ1n) is 18.2. The highest BCUT2D eigenvalue weighted by atomic mass is 35.5. The number of nitrogens with zero attached hydrogens (tertiary/aromatic N) is 2. The molecule has 2 unspecified atom stereocenters. The molecule has 0 aliphatic carbocycles. The molecule has 0 bridgehead atoms. The minimum absolute atomic E-state index is 0.0143. The number of rotatable bonds is 20. The Bertz CT molecular complexity index is 2100. The van der Waals surface area contributed by atoms with Gasteiger partial charge in [-0.1, -0.05) is 53.5 Å². The number of ether oxygens (including phenoxy) is 3. The fourth-order valence-corrected chi connectivity index (χ4v) is 6.94. The summed E-state index contributed by atoms with van der Waals surface area (Å²) in [6, 6.07) is 16.1. The minimum atomic E-state index is -1.64. The molecule has 5 rings (SSSR count). The van der Waals surface area contributed by atoms with E-state index < -0.39 is 42.0 Å². The van der Waals surface area contributed by atoms with E-state index in [1.54, 1.807) is 24.3 Å². The van der Waals surface area contributed by atoms with Crippen LogP contribution in [-0.2, 0) is 29.3 Å². The van der Waals surface area contributed by atoms with Gasteiger partial charge in [-0.2, -0.15) is 0 Å². The van der Waals surface area contributed by atoms with Crippen molar-refractivity contribution in [3.05, 3.63) is 105 Å². The van der Waals surface area contributed by atoms with E-state index >= 15 is 0 Å². The first kappa shape index (κ1) is 43.2. The molecule has 2 atom stereocenters. The number of nitrogens with two attached hydrogens (primary N) is 1. The summed E-state index contributed by atoms with van der Waals surface area (Å²) in [6.45, 7) is 4.22. The van der Waals surface area contributed by atoms with Gasteiger partial charge < -0.3 is 45.3 Å². The fraction of sp³-hybridized carbons (Fsp3) is 0.366. The van der Waals surface area contributed by atoms with E-state index in [4.69, 9.17) is 43.1 Å². The summed E-state index contributed by atoms with van der Waals surface area (Å²) in [5.74, 6) is -1.74. The maximum absolute atomic E-state index is 11.8. The lowest BCUT2D eigenvalue weighted by molar-refractivity contribution is -0.150. The second-order valence-electron chi connectivity index (χ2n) is 14.2. The number of aliphatic hydroxyl groups is 2. The van der Waals surface area contributed by atoms with Gasteiger partial charge >= 0.3 is 11.9 Å². The zero-order valence-electron chi connectivity index (χ0n) is 31.6. The number of primary amides is 1. The number of likely N-dealkylation sites (tertiary alicyclic amines) is 1. The molecule has 1 aliphatic rings. The molecule has 57 heavy (non-hydrogen) atoms. The van der Waals surface area contributed by atoms with Gasteiger partial charge in [-0.15, -0.1) is 0 Å². The van der Waals surface area contributed by atoms with Gasteiger partial charge in [-0.3, -0.25) is 24.7 Å². The number of aliphatic carboxylic acids is 2. The summed E-state index contributed by atoms with van der Waals surface area (Å²) in [5, 5.41) is 42.1. The van der Waals surface area contributed by atoms with Crippen LogP contribution in [0, 0.1) is 12.3 Å². The smallest absolute Gasteiger partial charge is 0.326 e. The molecule has 1 aromatic heterocycles. The molecule has 16 heteroatoms. The van der Waals surface area contributed by atoms with Gasteiger partial charge in [-0.25, -0.2) is 0 Å². The van der Waals surface area contributed by atoms with Gasteiger partial charge in [0.05, 0.1) is 35.4 Å². The van der Waals surface area contributed by atoms with E-state index in [0.717, 1.165) is 22.3 Å². The highest BCUT2D eigenvalue weighted by molar-refractivity contribution is 6.35. The summed E-state index contributed by atoms with van der Waals surface area (Å²) in [4.78, 5) is 41.3. The Morgan fingerprint density at radius 2 is 1.68 bits per heavy atom. The zero-order chi connectivity index (χ0) is 41.3. The third kappa shape index (κ3) is 10.3. The third-order valence-electron chi connectivity index (χ3n) is 10.2. The molecule has 4 aromatic rings. The topological polar surface area (TPSA) is 214 Å². The van der Waals surface area contributed by atoms with Crippen LogP contribution in [0.3, 0.4) is 0 Å². The van der Waals surface area contributed by atoms with Crippen molar-refractivity contribution < 1.29 is 49.0 Å². The average molecular weight is 826 g/mol. The molecule has 1 fully saturated rings. The van der Waals surface area contributed by atoms with E-state index in [-0.39, 0.29) is 30.3 Å². The van der Waals surface area contributed by atoms with Gasteiger partial charge in [0.2, 0.25) is 5.91 Å². The number of carbonyl (C=O) groups is 3. The van der Waals surface area contributed by atoms with E-state index in [9.17, 15) is 34.8 Å². The number of benzene rings is 3. The van der Waals surface area contributed by atoms with Crippen molar-refractivity contribution in [2.24, 2.45) is 11.1 Å². The van der Waals surface area contributed by atoms with E-state index in [2.05, 4.69) is 10.3 Å². The average Bonchev–Trinajstić information content (AvgIpc) is 3.63.